The lowest BCUT2D eigenvalue weighted by Gasteiger charge is -2.11. The average molecular weight is 468 g/mol. The molecule has 4 aromatic rings. The monoisotopic (exact) mass is 468 g/mol. The van der Waals surface area contributed by atoms with E-state index in [9.17, 15) is 18.0 Å². The molecule has 0 spiro atoms. The van der Waals surface area contributed by atoms with Gasteiger partial charge in [-0.1, -0.05) is 29.8 Å². The minimum Gasteiger partial charge on any atom is -0.308 e. The number of aryl methyl sites for hydroxylation is 2. The van der Waals surface area contributed by atoms with Crippen molar-refractivity contribution in [3.05, 3.63) is 70.7 Å². The summed E-state index contributed by atoms with van der Waals surface area (Å²) in [6.45, 7) is 3.79. The summed E-state index contributed by atoms with van der Waals surface area (Å²) in [7, 11) is 0. The van der Waals surface area contributed by atoms with E-state index >= 15 is 0 Å². The summed E-state index contributed by atoms with van der Waals surface area (Å²) in [6, 6.07) is 10.9. The summed E-state index contributed by atoms with van der Waals surface area (Å²) >= 11 is 0. The standard InChI is InChI=1S/C24H23F3N6O/c1-14-3-5-16(6-4-14)12-32-10-9-20(31-32)29-21(34)13-33-23-22(15(2)30-33)18(24(25,26)27)11-19(28-23)17-7-8-17/h3-6,9-11,17H,7-8,12-13H2,1-2H3,(H,29,31,34). The van der Waals surface area contributed by atoms with Crippen LogP contribution in [0.15, 0.2) is 42.6 Å². The first-order valence-electron chi connectivity index (χ1n) is 11.0. The zero-order valence-electron chi connectivity index (χ0n) is 18.7. The highest BCUT2D eigenvalue weighted by Gasteiger charge is 2.37. The first-order valence-corrected chi connectivity index (χ1v) is 11.0. The van der Waals surface area contributed by atoms with E-state index in [-0.39, 0.29) is 29.2 Å². The fourth-order valence-electron chi connectivity index (χ4n) is 4.01. The van der Waals surface area contributed by atoms with Crippen molar-refractivity contribution in [1.82, 2.24) is 24.5 Å². The van der Waals surface area contributed by atoms with Gasteiger partial charge in [-0.3, -0.25) is 9.48 Å². The van der Waals surface area contributed by atoms with Gasteiger partial charge in [0.1, 0.15) is 6.54 Å². The molecule has 1 amide bonds. The maximum absolute atomic E-state index is 13.7. The summed E-state index contributed by atoms with van der Waals surface area (Å²) < 4.78 is 44.2. The highest BCUT2D eigenvalue weighted by atomic mass is 19.4. The van der Waals surface area contributed by atoms with Gasteiger partial charge in [0.15, 0.2) is 11.5 Å². The van der Waals surface area contributed by atoms with Gasteiger partial charge in [-0.25, -0.2) is 9.67 Å². The van der Waals surface area contributed by atoms with Gasteiger partial charge in [-0.15, -0.1) is 0 Å². The third-order valence-electron chi connectivity index (χ3n) is 5.86. The Labute approximate surface area is 193 Å². The predicted molar refractivity (Wildman–Crippen MR) is 120 cm³/mol. The SMILES string of the molecule is Cc1ccc(Cn2ccc(NC(=O)Cn3nc(C)c4c(C(F)(F)F)cc(C5CC5)nc43)n2)cc1. The van der Waals surface area contributed by atoms with Crippen LogP contribution >= 0.6 is 0 Å². The summed E-state index contributed by atoms with van der Waals surface area (Å²) in [4.78, 5) is 17.1. The van der Waals surface area contributed by atoms with Crippen LogP contribution in [0.1, 0.15) is 46.8 Å². The molecule has 1 aliphatic carbocycles. The first kappa shape index (κ1) is 22.1. The number of carbonyl (C=O) groups excluding carboxylic acids is 1. The van der Waals surface area contributed by atoms with Gasteiger partial charge in [0, 0.05) is 23.9 Å². The molecule has 0 unspecified atom stereocenters. The van der Waals surface area contributed by atoms with Gasteiger partial charge in [0.25, 0.3) is 0 Å². The average Bonchev–Trinajstić information content (AvgIpc) is 3.47. The number of alkyl halides is 3. The van der Waals surface area contributed by atoms with Gasteiger partial charge < -0.3 is 5.32 Å². The highest BCUT2D eigenvalue weighted by Crippen LogP contribution is 2.43. The molecule has 3 heterocycles. The highest BCUT2D eigenvalue weighted by molar-refractivity contribution is 5.91. The smallest absolute Gasteiger partial charge is 0.308 e. The van der Waals surface area contributed by atoms with Crippen molar-refractivity contribution in [2.75, 3.05) is 5.32 Å². The molecule has 1 aliphatic rings. The largest absolute Gasteiger partial charge is 0.417 e. The lowest BCUT2D eigenvalue weighted by Crippen LogP contribution is -2.20. The maximum Gasteiger partial charge on any atom is 0.417 e. The van der Waals surface area contributed by atoms with Crippen LogP contribution in [0, 0.1) is 13.8 Å². The van der Waals surface area contributed by atoms with E-state index in [1.54, 1.807) is 16.9 Å². The minimum atomic E-state index is -4.53. The second-order valence-corrected chi connectivity index (χ2v) is 8.74. The summed E-state index contributed by atoms with van der Waals surface area (Å²) in [5.74, 6) is -0.0643. The molecule has 1 N–H and O–H groups in total. The van der Waals surface area contributed by atoms with E-state index in [0.29, 0.717) is 18.1 Å². The normalized spacial score (nSPS) is 14.0. The van der Waals surface area contributed by atoms with Crippen molar-refractivity contribution in [1.29, 1.82) is 0 Å². The fraction of sp³-hybridized carbons (Fsp3) is 0.333. The second-order valence-electron chi connectivity index (χ2n) is 8.74. The van der Waals surface area contributed by atoms with E-state index in [0.717, 1.165) is 24.5 Å². The van der Waals surface area contributed by atoms with E-state index in [4.69, 9.17) is 0 Å². The van der Waals surface area contributed by atoms with Crippen molar-refractivity contribution >= 4 is 22.8 Å². The molecule has 0 saturated heterocycles. The number of anilines is 1. The van der Waals surface area contributed by atoms with E-state index in [2.05, 4.69) is 20.5 Å². The number of halogens is 3. The number of benzene rings is 1. The number of hydrogen-bond acceptors (Lipinski definition) is 4. The van der Waals surface area contributed by atoms with Gasteiger partial charge in [-0.2, -0.15) is 23.4 Å². The van der Waals surface area contributed by atoms with Gasteiger partial charge >= 0.3 is 6.18 Å². The third kappa shape index (κ3) is 4.52. The van der Waals surface area contributed by atoms with Gasteiger partial charge in [0.05, 0.1) is 23.2 Å². The predicted octanol–water partition coefficient (Wildman–Crippen LogP) is 4.83. The molecule has 3 aromatic heterocycles. The number of fused-ring (bicyclic) bond motifs is 1. The Hall–Kier alpha value is -3.69. The number of pyridine rings is 1. The van der Waals surface area contributed by atoms with Gasteiger partial charge in [-0.05, 0) is 38.3 Å². The Morgan fingerprint density at radius 3 is 2.53 bits per heavy atom. The van der Waals surface area contributed by atoms with E-state index in [1.807, 2.05) is 31.2 Å². The lowest BCUT2D eigenvalue weighted by molar-refractivity contribution is -0.136. The molecule has 176 valence electrons. The van der Waals surface area contributed by atoms with Crippen molar-refractivity contribution in [2.45, 2.75) is 51.9 Å². The van der Waals surface area contributed by atoms with E-state index < -0.39 is 17.6 Å². The molecule has 10 heteroatoms. The quantitative estimate of drug-likeness (QED) is 0.440. The topological polar surface area (TPSA) is 77.6 Å². The van der Waals surface area contributed by atoms with Crippen molar-refractivity contribution in [3.63, 3.8) is 0 Å². The molecule has 1 aromatic carbocycles. The number of rotatable bonds is 6. The summed E-state index contributed by atoms with van der Waals surface area (Å²) in [5.41, 5.74) is 2.15. The van der Waals surface area contributed by atoms with Crippen LogP contribution in [-0.4, -0.2) is 30.5 Å². The molecule has 7 nitrogen and oxygen atoms in total. The molecule has 0 atom stereocenters. The zero-order valence-corrected chi connectivity index (χ0v) is 18.7. The molecule has 0 aliphatic heterocycles. The van der Waals surface area contributed by atoms with Crippen LogP contribution in [0.5, 0.6) is 0 Å². The zero-order chi connectivity index (χ0) is 24.0. The number of aromatic nitrogens is 5. The summed E-state index contributed by atoms with van der Waals surface area (Å²) in [5, 5.41) is 11.2. The molecule has 5 rings (SSSR count). The molecule has 1 fully saturated rings. The maximum atomic E-state index is 13.7. The molecular weight excluding hydrogens is 445 g/mol. The van der Waals surface area contributed by atoms with Crippen molar-refractivity contribution in [3.8, 4) is 0 Å². The second kappa shape index (κ2) is 8.27. The van der Waals surface area contributed by atoms with Crippen LogP contribution in [0.3, 0.4) is 0 Å². The Balaban J connectivity index is 1.35. The Kier molecular flexibility index (Phi) is 5.38. The number of hydrogen-bond donors (Lipinski definition) is 1. The lowest BCUT2D eigenvalue weighted by atomic mass is 10.1. The van der Waals surface area contributed by atoms with Crippen molar-refractivity contribution in [2.24, 2.45) is 0 Å². The summed E-state index contributed by atoms with van der Waals surface area (Å²) in [6.07, 6.45) is -1.15. The van der Waals surface area contributed by atoms with Crippen LogP contribution in [-0.2, 0) is 24.1 Å². The molecule has 34 heavy (non-hydrogen) atoms. The van der Waals surface area contributed by atoms with E-state index in [1.165, 1.54) is 17.2 Å². The number of carbonyl (C=O) groups is 1. The molecule has 0 bridgehead atoms. The molecule has 0 radical (unpaired) electrons. The van der Waals surface area contributed by atoms with Crippen LogP contribution in [0.4, 0.5) is 19.0 Å². The molecule has 1 saturated carbocycles. The minimum absolute atomic E-state index is 0.0282. The third-order valence-corrected chi connectivity index (χ3v) is 5.86. The van der Waals surface area contributed by atoms with Crippen LogP contribution in [0.25, 0.3) is 11.0 Å². The molecular formula is C24H23F3N6O. The number of amides is 1. The van der Waals surface area contributed by atoms with Crippen LogP contribution < -0.4 is 5.32 Å². The first-order chi connectivity index (χ1) is 16.2. The fourth-order valence-corrected chi connectivity index (χ4v) is 4.01. The Bertz CT molecular complexity index is 1370. The Morgan fingerprint density at radius 1 is 1.12 bits per heavy atom. The number of nitrogens with one attached hydrogen (secondary N) is 1. The van der Waals surface area contributed by atoms with Crippen molar-refractivity contribution < 1.29 is 18.0 Å². The number of nitrogens with zero attached hydrogens (tertiary/aromatic N) is 5. The van der Waals surface area contributed by atoms with Crippen LogP contribution in [0.2, 0.25) is 0 Å². The Morgan fingerprint density at radius 2 is 1.85 bits per heavy atom. The van der Waals surface area contributed by atoms with Gasteiger partial charge in [0.2, 0.25) is 5.91 Å².